The summed E-state index contributed by atoms with van der Waals surface area (Å²) in [6.45, 7) is 3.71. The van der Waals surface area contributed by atoms with Gasteiger partial charge in [0.15, 0.2) is 0 Å². The predicted molar refractivity (Wildman–Crippen MR) is 113 cm³/mol. The van der Waals surface area contributed by atoms with Gasteiger partial charge in [0.1, 0.15) is 4.83 Å². The highest BCUT2D eigenvalue weighted by Crippen LogP contribution is 2.33. The van der Waals surface area contributed by atoms with Gasteiger partial charge in [0.25, 0.3) is 5.56 Å². The quantitative estimate of drug-likeness (QED) is 0.658. The Morgan fingerprint density at radius 1 is 1.41 bits per heavy atom. The van der Waals surface area contributed by atoms with Crippen molar-refractivity contribution in [3.63, 3.8) is 0 Å². The fourth-order valence-electron chi connectivity index (χ4n) is 3.77. The van der Waals surface area contributed by atoms with E-state index in [0.29, 0.717) is 6.04 Å². The summed E-state index contributed by atoms with van der Waals surface area (Å²) in [4.78, 5) is 19.7. The average molecular weight is 402 g/mol. The summed E-state index contributed by atoms with van der Waals surface area (Å²) >= 11 is 7.76. The molecule has 27 heavy (non-hydrogen) atoms. The Labute approximate surface area is 168 Å². The van der Waals surface area contributed by atoms with Crippen LogP contribution in [0, 0.1) is 0 Å². The molecule has 6 heteroatoms. The lowest BCUT2D eigenvalue weighted by molar-refractivity contribution is 0.462. The molecule has 0 amide bonds. The molecule has 0 fully saturated rings. The van der Waals surface area contributed by atoms with Crippen LogP contribution >= 0.6 is 22.9 Å². The Balaban J connectivity index is 1.52. The highest BCUT2D eigenvalue weighted by atomic mass is 35.5. The van der Waals surface area contributed by atoms with Crippen LogP contribution in [0.4, 0.5) is 0 Å². The van der Waals surface area contributed by atoms with E-state index in [4.69, 9.17) is 11.6 Å². The van der Waals surface area contributed by atoms with Crippen LogP contribution in [-0.2, 0) is 25.9 Å². The number of benzene rings is 1. The summed E-state index contributed by atoms with van der Waals surface area (Å²) in [5.74, 6) is 0. The summed E-state index contributed by atoms with van der Waals surface area (Å²) < 4.78 is 1.78. The minimum absolute atomic E-state index is 0.135. The van der Waals surface area contributed by atoms with E-state index in [9.17, 15) is 4.79 Å². The second-order valence-corrected chi connectivity index (χ2v) is 8.75. The number of aromatic nitrogens is 2. The first-order chi connectivity index (χ1) is 13.2. The van der Waals surface area contributed by atoms with Gasteiger partial charge in [-0.2, -0.15) is 0 Å². The fraction of sp³-hybridized carbons (Fsp3) is 0.429. The molecular formula is C21H24ClN3OS. The fourth-order valence-corrected chi connectivity index (χ4v) is 5.24. The molecule has 1 atom stereocenters. The van der Waals surface area contributed by atoms with Crippen LogP contribution in [0.1, 0.15) is 42.2 Å². The second kappa shape index (κ2) is 8.13. The number of aryl methyl sites for hydroxylation is 2. The monoisotopic (exact) mass is 401 g/mol. The van der Waals surface area contributed by atoms with E-state index >= 15 is 0 Å². The minimum atomic E-state index is 0.135. The van der Waals surface area contributed by atoms with Crippen molar-refractivity contribution in [2.24, 2.45) is 0 Å². The molecule has 0 aliphatic heterocycles. The largest absolute Gasteiger partial charge is 0.310 e. The van der Waals surface area contributed by atoms with Crippen LogP contribution in [0.25, 0.3) is 10.2 Å². The molecule has 4 rings (SSSR count). The van der Waals surface area contributed by atoms with Crippen LogP contribution < -0.4 is 10.9 Å². The maximum Gasteiger partial charge on any atom is 0.262 e. The number of rotatable bonds is 6. The lowest BCUT2D eigenvalue weighted by atomic mass is 9.93. The molecule has 2 aromatic heterocycles. The first-order valence-corrected chi connectivity index (χ1v) is 10.8. The Kier molecular flexibility index (Phi) is 5.62. The average Bonchev–Trinajstić information content (AvgIpc) is 3.04. The van der Waals surface area contributed by atoms with Gasteiger partial charge >= 0.3 is 0 Å². The molecule has 1 aromatic carbocycles. The summed E-state index contributed by atoms with van der Waals surface area (Å²) in [5.41, 5.74) is 2.57. The van der Waals surface area contributed by atoms with E-state index in [1.807, 2.05) is 18.2 Å². The zero-order valence-electron chi connectivity index (χ0n) is 15.5. The van der Waals surface area contributed by atoms with Gasteiger partial charge in [-0.25, -0.2) is 4.98 Å². The van der Waals surface area contributed by atoms with E-state index < -0.39 is 0 Å². The van der Waals surface area contributed by atoms with Gasteiger partial charge in [-0.1, -0.05) is 37.1 Å². The van der Waals surface area contributed by atoms with Gasteiger partial charge in [-0.15, -0.1) is 11.3 Å². The molecule has 2 heterocycles. The smallest absolute Gasteiger partial charge is 0.262 e. The predicted octanol–water partition coefficient (Wildman–Crippen LogP) is 4.56. The number of nitrogens with one attached hydrogen (secondary N) is 1. The van der Waals surface area contributed by atoms with Crippen molar-refractivity contribution >= 4 is 33.2 Å². The van der Waals surface area contributed by atoms with Crippen LogP contribution in [0.3, 0.4) is 0 Å². The van der Waals surface area contributed by atoms with E-state index in [0.717, 1.165) is 60.4 Å². The third kappa shape index (κ3) is 3.96. The van der Waals surface area contributed by atoms with Gasteiger partial charge < -0.3 is 5.32 Å². The number of fused-ring (bicyclic) bond motifs is 3. The zero-order chi connectivity index (χ0) is 18.8. The first kappa shape index (κ1) is 18.7. The molecule has 0 saturated carbocycles. The van der Waals surface area contributed by atoms with Gasteiger partial charge in [0, 0.05) is 29.0 Å². The second-order valence-electron chi connectivity index (χ2n) is 7.23. The lowest BCUT2D eigenvalue weighted by Gasteiger charge is -2.23. The SMILES string of the molecule is CCCCn1cnc2sc3c(c2c1=O)CCC(NCc1cccc(Cl)c1)C3. The van der Waals surface area contributed by atoms with Gasteiger partial charge in [-0.3, -0.25) is 9.36 Å². The zero-order valence-corrected chi connectivity index (χ0v) is 17.1. The van der Waals surface area contributed by atoms with Crippen molar-refractivity contribution in [2.75, 3.05) is 0 Å². The number of halogens is 1. The van der Waals surface area contributed by atoms with Crippen molar-refractivity contribution in [1.29, 1.82) is 0 Å². The third-order valence-corrected chi connectivity index (χ3v) is 6.67. The Hall–Kier alpha value is -1.69. The highest BCUT2D eigenvalue weighted by Gasteiger charge is 2.25. The molecular weight excluding hydrogens is 378 g/mol. The molecule has 142 valence electrons. The molecule has 0 saturated heterocycles. The summed E-state index contributed by atoms with van der Waals surface area (Å²) in [6.07, 6.45) is 6.75. The number of thiophene rings is 1. The van der Waals surface area contributed by atoms with Crippen molar-refractivity contribution in [3.8, 4) is 0 Å². The van der Waals surface area contributed by atoms with Crippen molar-refractivity contribution < 1.29 is 0 Å². The first-order valence-electron chi connectivity index (χ1n) is 9.63. The highest BCUT2D eigenvalue weighted by molar-refractivity contribution is 7.18. The topological polar surface area (TPSA) is 46.9 Å². The number of unbranched alkanes of at least 4 members (excludes halogenated alkanes) is 1. The molecule has 3 aromatic rings. The van der Waals surface area contributed by atoms with Gasteiger partial charge in [0.2, 0.25) is 0 Å². The molecule has 1 aliphatic rings. The Morgan fingerprint density at radius 2 is 2.30 bits per heavy atom. The summed E-state index contributed by atoms with van der Waals surface area (Å²) in [5, 5.41) is 5.28. The summed E-state index contributed by atoms with van der Waals surface area (Å²) in [7, 11) is 0. The Bertz CT molecular complexity index is 1010. The Morgan fingerprint density at radius 3 is 3.11 bits per heavy atom. The van der Waals surface area contributed by atoms with Crippen LogP contribution in [0.5, 0.6) is 0 Å². The minimum Gasteiger partial charge on any atom is -0.310 e. The number of hydrogen-bond acceptors (Lipinski definition) is 4. The summed E-state index contributed by atoms with van der Waals surface area (Å²) in [6, 6.07) is 8.40. The number of nitrogens with zero attached hydrogens (tertiary/aromatic N) is 2. The molecule has 0 spiro atoms. The van der Waals surface area contributed by atoms with Crippen molar-refractivity contribution in [1.82, 2.24) is 14.9 Å². The molecule has 1 aliphatic carbocycles. The maximum atomic E-state index is 12.9. The maximum absolute atomic E-state index is 12.9. The lowest BCUT2D eigenvalue weighted by Crippen LogP contribution is -2.33. The van der Waals surface area contributed by atoms with Gasteiger partial charge in [0.05, 0.1) is 11.7 Å². The normalized spacial score (nSPS) is 16.6. The van der Waals surface area contributed by atoms with Crippen LogP contribution in [0.2, 0.25) is 5.02 Å². The molecule has 1 N–H and O–H groups in total. The molecule has 0 bridgehead atoms. The van der Waals surface area contributed by atoms with E-state index in [-0.39, 0.29) is 5.56 Å². The van der Waals surface area contributed by atoms with E-state index in [1.54, 1.807) is 22.2 Å². The van der Waals surface area contributed by atoms with Crippen LogP contribution in [-0.4, -0.2) is 15.6 Å². The van der Waals surface area contributed by atoms with Crippen molar-refractivity contribution in [3.05, 3.63) is 62.0 Å². The third-order valence-electron chi connectivity index (χ3n) is 5.27. The molecule has 1 unspecified atom stereocenters. The molecule has 0 radical (unpaired) electrons. The van der Waals surface area contributed by atoms with Crippen LogP contribution in [0.15, 0.2) is 35.4 Å². The molecule has 4 nitrogen and oxygen atoms in total. The number of hydrogen-bond donors (Lipinski definition) is 1. The van der Waals surface area contributed by atoms with E-state index in [1.165, 1.54) is 16.0 Å². The van der Waals surface area contributed by atoms with E-state index in [2.05, 4.69) is 23.3 Å². The van der Waals surface area contributed by atoms with Gasteiger partial charge in [-0.05, 0) is 48.9 Å². The van der Waals surface area contributed by atoms with Crippen molar-refractivity contribution in [2.45, 2.75) is 58.2 Å². The standard InChI is InChI=1S/C21H24ClN3OS/c1-2-3-9-25-13-24-20-19(21(25)26)17-8-7-16(11-18(17)27-20)23-12-14-5-4-6-15(22)10-14/h4-6,10,13,16,23H,2-3,7-9,11-12H2,1H3.